The molecule has 5 nitrogen and oxygen atoms in total. The van der Waals surface area contributed by atoms with Gasteiger partial charge >= 0.3 is 0 Å². The number of rotatable bonds is 4. The number of aryl methyl sites for hydroxylation is 1. The lowest BCUT2D eigenvalue weighted by Gasteiger charge is -2.43. The van der Waals surface area contributed by atoms with Crippen LogP contribution in [0.3, 0.4) is 0 Å². The van der Waals surface area contributed by atoms with Gasteiger partial charge in [0, 0.05) is 6.04 Å². The lowest BCUT2D eigenvalue weighted by atomic mass is 9.81. The summed E-state index contributed by atoms with van der Waals surface area (Å²) in [4.78, 5) is 15.9. The van der Waals surface area contributed by atoms with E-state index in [1.165, 1.54) is 0 Å². The topological polar surface area (TPSA) is 66.5 Å². The molecule has 1 amide bonds. The zero-order valence-electron chi connectivity index (χ0n) is 15.9. The Morgan fingerprint density at radius 1 is 1.19 bits per heavy atom. The van der Waals surface area contributed by atoms with E-state index in [9.17, 15) is 13.2 Å². The largest absolute Gasteiger partial charge is 0.331 e. The van der Waals surface area contributed by atoms with E-state index >= 15 is 0 Å². The molecule has 146 valence electrons. The molecule has 1 aliphatic carbocycles. The summed E-state index contributed by atoms with van der Waals surface area (Å²) in [5.41, 5.74) is -0.117. The van der Waals surface area contributed by atoms with Crippen molar-refractivity contribution >= 4 is 15.9 Å². The van der Waals surface area contributed by atoms with E-state index in [1.54, 1.807) is 18.2 Å². The molecule has 1 aromatic rings. The minimum atomic E-state index is -3.75. The molecular formula is C21H28N2O3S. The van der Waals surface area contributed by atoms with Crippen LogP contribution in [0.1, 0.15) is 56.9 Å². The van der Waals surface area contributed by atoms with Crippen LogP contribution in [0, 0.1) is 6.92 Å². The first-order valence-electron chi connectivity index (χ1n) is 10.0. The highest BCUT2D eigenvalue weighted by molar-refractivity contribution is 7.89. The van der Waals surface area contributed by atoms with Gasteiger partial charge in [-0.05, 0) is 56.7 Å². The van der Waals surface area contributed by atoms with E-state index in [0.29, 0.717) is 12.8 Å². The smallest absolute Gasteiger partial charge is 0.244 e. The van der Waals surface area contributed by atoms with E-state index in [4.69, 9.17) is 0 Å². The number of hydrogen-bond acceptors (Lipinski definition) is 3. The van der Waals surface area contributed by atoms with E-state index in [0.717, 1.165) is 44.1 Å². The summed E-state index contributed by atoms with van der Waals surface area (Å²) in [5, 5.41) is 0. The van der Waals surface area contributed by atoms with Crippen LogP contribution in [0.4, 0.5) is 0 Å². The summed E-state index contributed by atoms with van der Waals surface area (Å²) >= 11 is 0. The number of sulfonamides is 1. The Morgan fingerprint density at radius 3 is 2.67 bits per heavy atom. The Morgan fingerprint density at radius 2 is 1.96 bits per heavy atom. The zero-order valence-corrected chi connectivity index (χ0v) is 16.7. The Labute approximate surface area is 161 Å². The van der Waals surface area contributed by atoms with Gasteiger partial charge in [-0.15, -0.1) is 0 Å². The number of nitrogens with one attached hydrogen (secondary N) is 1. The molecule has 4 rings (SSSR count). The van der Waals surface area contributed by atoms with Gasteiger partial charge in [-0.1, -0.05) is 43.5 Å². The number of nitrogens with zero attached hydrogens (tertiary/aromatic N) is 1. The second kappa shape index (κ2) is 7.06. The third-order valence-electron chi connectivity index (χ3n) is 6.29. The fourth-order valence-electron chi connectivity index (χ4n) is 4.90. The first-order chi connectivity index (χ1) is 12.9. The molecule has 3 aliphatic rings. The van der Waals surface area contributed by atoms with Crippen LogP contribution in [0.25, 0.3) is 0 Å². The van der Waals surface area contributed by atoms with Crippen molar-refractivity contribution in [3.8, 4) is 0 Å². The van der Waals surface area contributed by atoms with Gasteiger partial charge in [0.15, 0.2) is 0 Å². The molecule has 2 fully saturated rings. The quantitative estimate of drug-likeness (QED) is 0.805. The molecule has 2 heterocycles. The van der Waals surface area contributed by atoms with Crippen molar-refractivity contribution in [2.75, 3.05) is 0 Å². The third-order valence-corrected chi connectivity index (χ3v) is 7.83. The zero-order chi connectivity index (χ0) is 19.1. The van der Waals surface area contributed by atoms with E-state index < -0.39 is 15.6 Å². The molecule has 1 saturated carbocycles. The number of fused-ring (bicyclic) bond motifs is 2. The van der Waals surface area contributed by atoms with Gasteiger partial charge in [-0.2, -0.15) is 4.72 Å². The molecule has 1 N–H and O–H groups in total. The Balaban J connectivity index is 1.67. The fourth-order valence-corrected chi connectivity index (χ4v) is 6.42. The number of benzene rings is 1. The number of amides is 1. The molecule has 2 bridgehead atoms. The van der Waals surface area contributed by atoms with E-state index in [2.05, 4.69) is 16.9 Å². The monoisotopic (exact) mass is 388 g/mol. The summed E-state index contributed by atoms with van der Waals surface area (Å²) < 4.78 is 29.1. The van der Waals surface area contributed by atoms with E-state index in [1.807, 2.05) is 17.9 Å². The highest BCUT2D eigenvalue weighted by Crippen LogP contribution is 2.38. The van der Waals surface area contributed by atoms with Crippen molar-refractivity contribution in [3.05, 3.63) is 42.0 Å². The van der Waals surface area contributed by atoms with Gasteiger partial charge in [-0.3, -0.25) is 4.79 Å². The molecule has 0 radical (unpaired) electrons. The van der Waals surface area contributed by atoms with E-state index in [-0.39, 0.29) is 22.9 Å². The van der Waals surface area contributed by atoms with Crippen molar-refractivity contribution in [2.45, 2.75) is 80.8 Å². The highest BCUT2D eigenvalue weighted by Gasteiger charge is 2.49. The van der Waals surface area contributed by atoms with Gasteiger partial charge in [-0.25, -0.2) is 8.42 Å². The van der Waals surface area contributed by atoms with Crippen molar-refractivity contribution in [1.29, 1.82) is 0 Å². The molecule has 2 atom stereocenters. The molecule has 27 heavy (non-hydrogen) atoms. The lowest BCUT2D eigenvalue weighted by Crippen LogP contribution is -2.62. The minimum Gasteiger partial charge on any atom is -0.331 e. The molecule has 0 spiro atoms. The first-order valence-corrected chi connectivity index (χ1v) is 11.5. The van der Waals surface area contributed by atoms with Gasteiger partial charge < -0.3 is 4.90 Å². The second-order valence-corrected chi connectivity index (χ2v) is 9.92. The highest BCUT2D eigenvalue weighted by atomic mass is 32.2. The Bertz CT molecular complexity index is 856. The normalized spacial score (nSPS) is 26.9. The summed E-state index contributed by atoms with van der Waals surface area (Å²) in [7, 11) is -3.75. The van der Waals surface area contributed by atoms with Gasteiger partial charge in [0.25, 0.3) is 0 Å². The van der Waals surface area contributed by atoms with Crippen LogP contribution in [-0.4, -0.2) is 36.8 Å². The molecule has 2 unspecified atom stereocenters. The lowest BCUT2D eigenvalue weighted by molar-refractivity contribution is -0.141. The van der Waals surface area contributed by atoms with Gasteiger partial charge in [0.2, 0.25) is 15.9 Å². The van der Waals surface area contributed by atoms with Gasteiger partial charge in [0.05, 0.1) is 10.9 Å². The molecular weight excluding hydrogens is 360 g/mol. The number of carbonyl (C=O) groups excluding carboxylic acids is 1. The Kier molecular flexibility index (Phi) is 4.89. The average molecular weight is 389 g/mol. The maximum absolute atomic E-state index is 13.7. The van der Waals surface area contributed by atoms with Crippen LogP contribution in [-0.2, 0) is 14.8 Å². The summed E-state index contributed by atoms with van der Waals surface area (Å²) in [6.45, 7) is 1.87. The third kappa shape index (κ3) is 3.45. The fraction of sp³-hybridized carbons (Fsp3) is 0.571. The summed E-state index contributed by atoms with van der Waals surface area (Å²) in [5.74, 6) is -0.0183. The number of carbonyl (C=O) groups is 1. The standard InChI is InChI=1S/C21H28N2O3S/c1-16-7-5-10-19(15-16)27(25,26)22-21(13-3-2-4-14-21)20(24)23-17-8-6-9-18(23)12-11-17/h5-8,10,15,17-18,22H,2-4,9,11-14H2,1H3. The molecule has 2 aliphatic heterocycles. The van der Waals surface area contributed by atoms with Crippen molar-refractivity contribution in [3.63, 3.8) is 0 Å². The van der Waals surface area contributed by atoms with Crippen molar-refractivity contribution < 1.29 is 13.2 Å². The number of hydrogen-bond donors (Lipinski definition) is 1. The Hall–Kier alpha value is -1.66. The van der Waals surface area contributed by atoms with Crippen LogP contribution in [0.15, 0.2) is 41.3 Å². The second-order valence-electron chi connectivity index (χ2n) is 8.24. The van der Waals surface area contributed by atoms with Crippen LogP contribution >= 0.6 is 0 Å². The van der Waals surface area contributed by atoms with Crippen LogP contribution in [0.5, 0.6) is 0 Å². The van der Waals surface area contributed by atoms with Crippen LogP contribution < -0.4 is 4.72 Å². The first kappa shape index (κ1) is 18.7. The SMILES string of the molecule is Cc1cccc(S(=O)(=O)NC2(C(=O)N3C4C=CCC3CC4)CCCCC2)c1. The summed E-state index contributed by atoms with van der Waals surface area (Å²) in [6, 6.07) is 7.22. The van der Waals surface area contributed by atoms with Gasteiger partial charge in [0.1, 0.15) is 5.54 Å². The molecule has 1 saturated heterocycles. The molecule has 1 aromatic carbocycles. The maximum atomic E-state index is 13.7. The predicted octanol–water partition coefficient (Wildman–Crippen LogP) is 3.30. The average Bonchev–Trinajstić information content (AvgIpc) is 2.89. The predicted molar refractivity (Wildman–Crippen MR) is 105 cm³/mol. The summed E-state index contributed by atoms with van der Waals surface area (Å²) in [6.07, 6.45) is 11.1. The minimum absolute atomic E-state index is 0.0183. The molecule has 6 heteroatoms. The van der Waals surface area contributed by atoms with Crippen molar-refractivity contribution in [2.24, 2.45) is 0 Å². The van der Waals surface area contributed by atoms with Crippen LogP contribution in [0.2, 0.25) is 0 Å². The molecule has 0 aromatic heterocycles. The maximum Gasteiger partial charge on any atom is 0.244 e. The van der Waals surface area contributed by atoms with Crippen molar-refractivity contribution in [1.82, 2.24) is 9.62 Å².